The average Bonchev–Trinajstić information content (AvgIpc) is 1.83. The maximum atomic E-state index is 7.87. The van der Waals surface area contributed by atoms with Gasteiger partial charge in [-0.3, -0.25) is 0 Å². The first-order chi connectivity index (χ1) is 3.81. The largest absolute Gasteiger partial charge is 0.411 e. The predicted molar refractivity (Wildman–Crippen MR) is 30.0 cm³/mol. The highest BCUT2D eigenvalue weighted by atomic mass is 35.5. The van der Waals surface area contributed by atoms with Crippen LogP contribution in [0.15, 0.2) is 10.3 Å². The fraction of sp³-hybridized carbons (Fsp3) is 0.333. The van der Waals surface area contributed by atoms with Gasteiger partial charge in [-0.05, 0) is 0 Å². The molecule has 0 atom stereocenters. The van der Waals surface area contributed by atoms with Gasteiger partial charge < -0.3 is 10.4 Å². The van der Waals surface area contributed by atoms with E-state index in [9.17, 15) is 0 Å². The highest BCUT2D eigenvalue weighted by Crippen LogP contribution is 1.87. The van der Waals surface area contributed by atoms with Gasteiger partial charge in [-0.25, -0.2) is 0 Å². The predicted octanol–water partition coefficient (Wildman–Crippen LogP) is 0.863. The molecule has 0 fully saturated rings. The quantitative estimate of drug-likeness (QED) is 0.336. The molecule has 0 aliphatic carbocycles. The summed E-state index contributed by atoms with van der Waals surface area (Å²) in [7, 11) is 0. The lowest BCUT2D eigenvalue weighted by molar-refractivity contribution is 0.318. The Hall–Kier alpha value is -0.770. The molecule has 0 amide bonds. The van der Waals surface area contributed by atoms with E-state index in [2.05, 4.69) is 10.3 Å². The molecule has 0 heterocycles. The van der Waals surface area contributed by atoms with E-state index in [0.29, 0.717) is 0 Å². The van der Waals surface area contributed by atoms with Crippen LogP contribution in [0.4, 0.5) is 0 Å². The van der Waals surface area contributed by atoms with Crippen LogP contribution in [-0.2, 0) is 0 Å². The summed E-state index contributed by atoms with van der Waals surface area (Å²) in [5, 5.41) is 20.9. The van der Waals surface area contributed by atoms with Crippen molar-refractivity contribution in [1.29, 1.82) is 0 Å². The maximum absolute atomic E-state index is 7.87. The molecule has 0 aliphatic heterocycles. The number of nitrogens with zero attached hydrogens (tertiary/aromatic N) is 2. The lowest BCUT2D eigenvalue weighted by atomic mass is 10.5. The van der Waals surface area contributed by atoms with E-state index in [1.54, 1.807) is 0 Å². The van der Waals surface area contributed by atoms with Crippen LogP contribution in [0, 0.1) is 0 Å². The van der Waals surface area contributed by atoms with Crippen molar-refractivity contribution >= 4 is 23.0 Å². The third-order valence-corrected chi connectivity index (χ3v) is 0.680. The molecule has 0 bridgehead atoms. The monoisotopic (exact) mass is 136 g/mol. The van der Waals surface area contributed by atoms with Crippen LogP contribution in [0.1, 0.15) is 6.42 Å². The Morgan fingerprint density at radius 2 is 2.25 bits per heavy atom. The molecule has 5 heteroatoms. The number of rotatable bonds is 2. The smallest absolute Gasteiger partial charge is 0.150 e. The Morgan fingerprint density at radius 3 is 2.62 bits per heavy atom. The fourth-order valence-corrected chi connectivity index (χ4v) is 0.226. The van der Waals surface area contributed by atoms with E-state index >= 15 is 0 Å². The van der Waals surface area contributed by atoms with E-state index < -0.39 is 0 Å². The van der Waals surface area contributed by atoms with Gasteiger partial charge >= 0.3 is 0 Å². The molecule has 0 rings (SSSR count). The second-order valence-electron chi connectivity index (χ2n) is 0.978. The van der Waals surface area contributed by atoms with Crippen molar-refractivity contribution in [2.24, 2.45) is 10.3 Å². The van der Waals surface area contributed by atoms with Gasteiger partial charge in [0.2, 0.25) is 0 Å². The van der Waals surface area contributed by atoms with Crippen molar-refractivity contribution < 1.29 is 10.4 Å². The first kappa shape index (κ1) is 7.23. The summed E-state index contributed by atoms with van der Waals surface area (Å²) in [6.45, 7) is 0. The third kappa shape index (κ3) is 3.42. The minimum atomic E-state index is -0.0113. The summed E-state index contributed by atoms with van der Waals surface area (Å²) < 4.78 is 0. The molecule has 0 aliphatic rings. The van der Waals surface area contributed by atoms with Gasteiger partial charge in [0.15, 0.2) is 5.17 Å². The lowest BCUT2D eigenvalue weighted by Gasteiger charge is -1.81. The Labute approximate surface area is 51.1 Å². The molecule has 0 unspecified atom stereocenters. The van der Waals surface area contributed by atoms with Crippen LogP contribution in [0.5, 0.6) is 0 Å². The van der Waals surface area contributed by atoms with Gasteiger partial charge in [0.05, 0.1) is 6.21 Å². The fourth-order valence-electron chi connectivity index (χ4n) is 0.157. The van der Waals surface area contributed by atoms with Gasteiger partial charge in [0.25, 0.3) is 0 Å². The Morgan fingerprint density at radius 1 is 1.62 bits per heavy atom. The van der Waals surface area contributed by atoms with Crippen molar-refractivity contribution in [3.05, 3.63) is 0 Å². The van der Waals surface area contributed by atoms with E-state index in [0.717, 1.165) is 6.21 Å². The first-order valence-corrected chi connectivity index (χ1v) is 2.21. The molecular formula is C3H5ClN2O2. The standard InChI is InChI=1S/C3H5ClN2O2/c4-3(6-8)1-2-5-7/h2,7-8H,1H2/b5-2+,6-3?. The van der Waals surface area contributed by atoms with Crippen molar-refractivity contribution in [3.63, 3.8) is 0 Å². The van der Waals surface area contributed by atoms with Crippen LogP contribution >= 0.6 is 11.6 Å². The van der Waals surface area contributed by atoms with Gasteiger partial charge in [0.1, 0.15) is 0 Å². The minimum Gasteiger partial charge on any atom is -0.411 e. The topological polar surface area (TPSA) is 65.2 Å². The van der Waals surface area contributed by atoms with Gasteiger partial charge in [0, 0.05) is 6.42 Å². The van der Waals surface area contributed by atoms with Crippen molar-refractivity contribution in [2.45, 2.75) is 6.42 Å². The first-order valence-electron chi connectivity index (χ1n) is 1.83. The van der Waals surface area contributed by atoms with Gasteiger partial charge in [-0.1, -0.05) is 16.8 Å². The molecule has 0 aromatic rings. The summed E-state index contributed by atoms with van der Waals surface area (Å²) in [5.74, 6) is 0. The highest BCUT2D eigenvalue weighted by molar-refractivity contribution is 6.66. The van der Waals surface area contributed by atoms with Crippen LogP contribution in [0.25, 0.3) is 0 Å². The normalized spacial score (nSPS) is 12.9. The Balaban J connectivity index is 3.40. The minimum absolute atomic E-state index is 0.0113. The number of hydrogen-bond donors (Lipinski definition) is 2. The second kappa shape index (κ2) is 4.39. The van der Waals surface area contributed by atoms with E-state index in [1.807, 2.05) is 0 Å². The summed E-state index contributed by atoms with van der Waals surface area (Å²) in [6, 6.07) is 0. The van der Waals surface area contributed by atoms with Crippen molar-refractivity contribution in [1.82, 2.24) is 0 Å². The van der Waals surface area contributed by atoms with Crippen molar-refractivity contribution in [2.75, 3.05) is 0 Å². The Bertz CT molecular complexity index is 112. The highest BCUT2D eigenvalue weighted by Gasteiger charge is 1.87. The van der Waals surface area contributed by atoms with E-state index in [1.165, 1.54) is 0 Å². The Kier molecular flexibility index (Phi) is 3.97. The third-order valence-electron chi connectivity index (χ3n) is 0.450. The number of halogens is 1. The zero-order valence-corrected chi connectivity index (χ0v) is 4.71. The van der Waals surface area contributed by atoms with E-state index in [-0.39, 0.29) is 11.6 Å². The van der Waals surface area contributed by atoms with Crippen LogP contribution in [-0.4, -0.2) is 21.8 Å². The summed E-state index contributed by atoms with van der Waals surface area (Å²) in [4.78, 5) is 0. The summed E-state index contributed by atoms with van der Waals surface area (Å²) in [5.41, 5.74) is 0. The zero-order valence-electron chi connectivity index (χ0n) is 3.95. The van der Waals surface area contributed by atoms with Crippen LogP contribution in [0.2, 0.25) is 0 Å². The molecule has 8 heavy (non-hydrogen) atoms. The van der Waals surface area contributed by atoms with Gasteiger partial charge in [-0.2, -0.15) is 0 Å². The zero-order chi connectivity index (χ0) is 6.41. The molecule has 0 spiro atoms. The lowest BCUT2D eigenvalue weighted by Crippen LogP contribution is -1.86. The van der Waals surface area contributed by atoms with Crippen LogP contribution in [0.3, 0.4) is 0 Å². The van der Waals surface area contributed by atoms with E-state index in [4.69, 9.17) is 22.0 Å². The molecule has 0 radical (unpaired) electrons. The maximum Gasteiger partial charge on any atom is 0.150 e. The summed E-state index contributed by atoms with van der Waals surface area (Å²) in [6.07, 6.45) is 1.26. The average molecular weight is 137 g/mol. The van der Waals surface area contributed by atoms with Crippen molar-refractivity contribution in [3.8, 4) is 0 Å². The molecular weight excluding hydrogens is 131 g/mol. The SMILES string of the molecule is ON=C(Cl)C/C=N/O. The molecule has 0 saturated carbocycles. The number of oxime groups is 2. The number of hydrogen-bond acceptors (Lipinski definition) is 4. The van der Waals surface area contributed by atoms with Crippen LogP contribution < -0.4 is 0 Å². The molecule has 4 nitrogen and oxygen atoms in total. The molecule has 0 aromatic heterocycles. The molecule has 2 N–H and O–H groups in total. The molecule has 0 aromatic carbocycles. The summed E-state index contributed by atoms with van der Waals surface area (Å²) >= 11 is 5.14. The molecule has 0 saturated heterocycles. The molecule has 46 valence electrons. The second-order valence-corrected chi connectivity index (χ2v) is 1.41. The van der Waals surface area contributed by atoms with Gasteiger partial charge in [-0.15, -0.1) is 5.16 Å².